The molecule has 13 atom stereocenters. The number of ether oxygens (including phenoxy) is 4. The molecule has 0 aromatic rings. The minimum absolute atomic E-state index is 0.108. The molecule has 3 unspecified atom stereocenters. The molecule has 3 heterocycles. The number of nitrogens with one attached hydrogen (secondary N) is 1. The lowest BCUT2D eigenvalue weighted by molar-refractivity contribution is -0.363. The molecule has 3 fully saturated rings. The van der Waals surface area contributed by atoms with Crippen LogP contribution in [0.15, 0.2) is 0 Å². The predicted molar refractivity (Wildman–Crippen MR) is 95.0 cm³/mol. The molecular formula is C17H30FNO12. The average Bonchev–Trinajstić information content (AvgIpc) is 3.12. The van der Waals surface area contributed by atoms with Gasteiger partial charge in [0.05, 0.1) is 25.4 Å². The second-order valence-electron chi connectivity index (χ2n) is 7.84. The number of aliphatic hydroxyl groups is 8. The SMILES string of the molecule is OC[C@H]1NC[C@@H](O)[C@@H]1OC1O[C@H](CF)C(OC2O[C@H](CO)[C@@H](O)[C@H](O)[C@H]2O)[C@H](O)[C@H]1O. The molecule has 182 valence electrons. The second kappa shape index (κ2) is 10.6. The number of β-amino-alcohol motifs (C(OH)–C–C–N with tert-alkyl or cyclic N) is 1. The van der Waals surface area contributed by atoms with E-state index in [1.807, 2.05) is 0 Å². The summed E-state index contributed by atoms with van der Waals surface area (Å²) in [6.45, 7) is -2.21. The van der Waals surface area contributed by atoms with E-state index in [0.717, 1.165) is 0 Å². The first kappa shape index (κ1) is 25.0. The quantitative estimate of drug-likeness (QED) is 0.174. The molecule has 0 radical (unpaired) electrons. The highest BCUT2D eigenvalue weighted by atomic mass is 19.1. The van der Waals surface area contributed by atoms with Crippen molar-refractivity contribution in [3.05, 3.63) is 0 Å². The van der Waals surface area contributed by atoms with E-state index in [4.69, 9.17) is 18.9 Å². The van der Waals surface area contributed by atoms with Crippen molar-refractivity contribution in [1.29, 1.82) is 0 Å². The molecule has 3 saturated heterocycles. The minimum Gasteiger partial charge on any atom is -0.395 e. The molecule has 9 N–H and O–H groups in total. The number of halogens is 1. The van der Waals surface area contributed by atoms with Crippen LogP contribution in [0.2, 0.25) is 0 Å². The Morgan fingerprint density at radius 3 is 1.90 bits per heavy atom. The molecule has 3 aliphatic rings. The molecule has 0 amide bonds. The summed E-state index contributed by atoms with van der Waals surface area (Å²) in [5.74, 6) is 0. The Hall–Kier alpha value is -0.590. The largest absolute Gasteiger partial charge is 0.395 e. The molecular weight excluding hydrogens is 429 g/mol. The Bertz CT molecular complexity index is 573. The first-order valence-corrected chi connectivity index (χ1v) is 9.94. The van der Waals surface area contributed by atoms with Crippen LogP contribution in [0.1, 0.15) is 0 Å². The Kier molecular flexibility index (Phi) is 8.53. The minimum atomic E-state index is -1.80. The number of aliphatic hydroxyl groups excluding tert-OH is 8. The van der Waals surface area contributed by atoms with Crippen molar-refractivity contribution < 1.29 is 64.2 Å². The van der Waals surface area contributed by atoms with Gasteiger partial charge < -0.3 is 65.1 Å². The van der Waals surface area contributed by atoms with Crippen LogP contribution in [0.4, 0.5) is 4.39 Å². The van der Waals surface area contributed by atoms with Crippen LogP contribution in [0, 0.1) is 0 Å². The summed E-state index contributed by atoms with van der Waals surface area (Å²) in [4.78, 5) is 0. The summed E-state index contributed by atoms with van der Waals surface area (Å²) < 4.78 is 35.1. The zero-order valence-corrected chi connectivity index (χ0v) is 16.4. The highest BCUT2D eigenvalue weighted by Gasteiger charge is 2.52. The van der Waals surface area contributed by atoms with E-state index in [1.54, 1.807) is 0 Å². The molecule has 0 spiro atoms. The third-order valence-corrected chi connectivity index (χ3v) is 5.79. The average molecular weight is 459 g/mol. The third kappa shape index (κ3) is 5.01. The number of rotatable bonds is 7. The molecule has 0 aliphatic carbocycles. The number of hydrogen-bond donors (Lipinski definition) is 9. The maximum Gasteiger partial charge on any atom is 0.187 e. The van der Waals surface area contributed by atoms with Crippen LogP contribution in [0.3, 0.4) is 0 Å². The van der Waals surface area contributed by atoms with Crippen molar-refractivity contribution in [2.45, 2.75) is 79.7 Å². The first-order chi connectivity index (χ1) is 14.7. The Morgan fingerprint density at radius 1 is 0.742 bits per heavy atom. The Morgan fingerprint density at radius 2 is 1.32 bits per heavy atom. The monoisotopic (exact) mass is 459 g/mol. The standard InChI is InChI=1S/C17H30FNO12/c18-1-7-15(31-16-12(26)10(24)9(23)8(4-21)29-16)11(25)13(27)17(28-7)30-14-5(3-20)19-2-6(14)22/h5-17,19-27H,1-4H2/t5-,6-,7-,8-,9-,10+,11-,12-,13-,14-,15?,16?,17?/m1/s1. The maximum atomic E-state index is 13.7. The van der Waals surface area contributed by atoms with Gasteiger partial charge >= 0.3 is 0 Å². The van der Waals surface area contributed by atoms with Gasteiger partial charge in [0.15, 0.2) is 12.6 Å². The number of hydrogen-bond acceptors (Lipinski definition) is 13. The van der Waals surface area contributed by atoms with E-state index in [2.05, 4.69) is 5.32 Å². The number of alkyl halides is 1. The van der Waals surface area contributed by atoms with Crippen molar-refractivity contribution in [2.75, 3.05) is 26.4 Å². The maximum absolute atomic E-state index is 13.7. The zero-order chi connectivity index (χ0) is 22.9. The summed E-state index contributed by atoms with van der Waals surface area (Å²) >= 11 is 0. The van der Waals surface area contributed by atoms with Gasteiger partial charge in [-0.3, -0.25) is 0 Å². The van der Waals surface area contributed by atoms with Crippen molar-refractivity contribution in [1.82, 2.24) is 5.32 Å². The van der Waals surface area contributed by atoms with Crippen LogP contribution in [0.25, 0.3) is 0 Å². The summed E-state index contributed by atoms with van der Waals surface area (Å²) in [7, 11) is 0. The van der Waals surface area contributed by atoms with E-state index in [1.165, 1.54) is 0 Å². The van der Waals surface area contributed by atoms with E-state index >= 15 is 0 Å². The fourth-order valence-corrected chi connectivity index (χ4v) is 3.93. The van der Waals surface area contributed by atoms with Crippen molar-refractivity contribution >= 4 is 0 Å². The highest BCUT2D eigenvalue weighted by Crippen LogP contribution is 2.31. The molecule has 0 saturated carbocycles. The third-order valence-electron chi connectivity index (χ3n) is 5.79. The van der Waals surface area contributed by atoms with Gasteiger partial charge in [-0.25, -0.2) is 4.39 Å². The van der Waals surface area contributed by atoms with E-state index < -0.39 is 92.9 Å². The van der Waals surface area contributed by atoms with Crippen molar-refractivity contribution in [3.63, 3.8) is 0 Å². The molecule has 13 nitrogen and oxygen atoms in total. The Labute approximate surface area is 176 Å². The lowest BCUT2D eigenvalue weighted by Crippen LogP contribution is -2.65. The van der Waals surface area contributed by atoms with Gasteiger partial charge in [0.1, 0.15) is 61.6 Å². The molecule has 0 bridgehead atoms. The van der Waals surface area contributed by atoms with Crippen LogP contribution < -0.4 is 5.32 Å². The van der Waals surface area contributed by atoms with Gasteiger partial charge in [0.2, 0.25) is 0 Å². The Balaban J connectivity index is 1.69. The molecule has 31 heavy (non-hydrogen) atoms. The summed E-state index contributed by atoms with van der Waals surface area (Å²) in [6.07, 6.45) is -18.4. The molecule has 14 heteroatoms. The van der Waals surface area contributed by atoms with Gasteiger partial charge in [-0.15, -0.1) is 0 Å². The lowest BCUT2D eigenvalue weighted by atomic mass is 9.97. The van der Waals surface area contributed by atoms with Crippen molar-refractivity contribution in [2.24, 2.45) is 0 Å². The summed E-state index contributed by atoms with van der Waals surface area (Å²) in [6, 6.07) is -0.671. The lowest BCUT2D eigenvalue weighted by Gasteiger charge is -2.46. The smallest absolute Gasteiger partial charge is 0.187 e. The predicted octanol–water partition coefficient (Wildman–Crippen LogP) is -5.70. The molecule has 0 aromatic heterocycles. The summed E-state index contributed by atoms with van der Waals surface area (Å²) in [5.41, 5.74) is 0. The fraction of sp³-hybridized carbons (Fsp3) is 1.00. The first-order valence-electron chi connectivity index (χ1n) is 9.94. The van der Waals surface area contributed by atoms with Gasteiger partial charge in [0, 0.05) is 6.54 Å². The van der Waals surface area contributed by atoms with Gasteiger partial charge in [-0.1, -0.05) is 0 Å². The zero-order valence-electron chi connectivity index (χ0n) is 16.4. The molecule has 3 aliphatic heterocycles. The fourth-order valence-electron chi connectivity index (χ4n) is 3.93. The van der Waals surface area contributed by atoms with Gasteiger partial charge in [-0.2, -0.15) is 0 Å². The normalized spacial score (nSPS) is 51.2. The van der Waals surface area contributed by atoms with Crippen molar-refractivity contribution in [3.8, 4) is 0 Å². The molecule has 0 aromatic carbocycles. The van der Waals surface area contributed by atoms with E-state index in [9.17, 15) is 45.2 Å². The summed E-state index contributed by atoms with van der Waals surface area (Å²) in [5, 5.41) is 82.1. The van der Waals surface area contributed by atoms with Gasteiger partial charge in [0.25, 0.3) is 0 Å². The van der Waals surface area contributed by atoms with E-state index in [0.29, 0.717) is 0 Å². The highest BCUT2D eigenvalue weighted by molar-refractivity contribution is 4.96. The van der Waals surface area contributed by atoms with Gasteiger partial charge in [-0.05, 0) is 0 Å². The topological polar surface area (TPSA) is 211 Å². The molecule has 3 rings (SSSR count). The van der Waals surface area contributed by atoms with Crippen LogP contribution in [-0.4, -0.2) is 147 Å². The van der Waals surface area contributed by atoms with Crippen LogP contribution >= 0.6 is 0 Å². The second-order valence-corrected chi connectivity index (χ2v) is 7.84. The van der Waals surface area contributed by atoms with E-state index in [-0.39, 0.29) is 13.2 Å². The van der Waals surface area contributed by atoms with Crippen LogP contribution in [0.5, 0.6) is 0 Å². The van der Waals surface area contributed by atoms with Crippen LogP contribution in [-0.2, 0) is 18.9 Å².